The number of hydrogen-bond donors (Lipinski definition) is 1. The highest BCUT2D eigenvalue weighted by atomic mass is 16.6. The zero-order valence-electron chi connectivity index (χ0n) is 14.3. The Morgan fingerprint density at radius 3 is 2.68 bits per heavy atom. The molecule has 0 aromatic carbocycles. The van der Waals surface area contributed by atoms with Gasteiger partial charge in [0.15, 0.2) is 0 Å². The third kappa shape index (κ3) is 3.82. The summed E-state index contributed by atoms with van der Waals surface area (Å²) in [4.78, 5) is 14.1. The largest absolute Gasteiger partial charge is 0.444 e. The number of rotatable bonds is 2. The molecule has 0 aromatic rings. The number of aliphatic hydroxyl groups excluding tert-OH is 1. The van der Waals surface area contributed by atoms with Crippen molar-refractivity contribution in [1.82, 2.24) is 4.90 Å². The Balaban J connectivity index is 2.17. The Morgan fingerprint density at radius 2 is 2.14 bits per heavy atom. The first kappa shape index (κ1) is 17.3. The molecule has 0 saturated carbocycles. The molecule has 2 aliphatic rings. The molecule has 0 aromatic heterocycles. The zero-order chi connectivity index (χ0) is 16.5. The SMILES string of the molecule is CC(C)(C)OC(=O)N1[C@@H]([C@@H](O)[C@@H]2C=CCCC2)COC1(C)C. The topological polar surface area (TPSA) is 59.0 Å². The predicted octanol–water partition coefficient (Wildman–Crippen LogP) is 3.08. The Morgan fingerprint density at radius 1 is 1.45 bits per heavy atom. The number of carbonyl (C=O) groups is 1. The summed E-state index contributed by atoms with van der Waals surface area (Å²) in [5.41, 5.74) is -1.34. The van der Waals surface area contributed by atoms with Gasteiger partial charge in [-0.25, -0.2) is 4.79 Å². The average molecular weight is 311 g/mol. The van der Waals surface area contributed by atoms with E-state index >= 15 is 0 Å². The molecule has 1 fully saturated rings. The Labute approximate surface area is 133 Å². The number of nitrogens with zero attached hydrogens (tertiary/aromatic N) is 1. The van der Waals surface area contributed by atoms with Gasteiger partial charge in [-0.05, 0) is 53.9 Å². The number of allylic oxidation sites excluding steroid dienone is 1. The van der Waals surface area contributed by atoms with Gasteiger partial charge in [0, 0.05) is 5.92 Å². The maximum absolute atomic E-state index is 12.6. The molecular weight excluding hydrogens is 282 g/mol. The Bertz CT molecular complexity index is 438. The van der Waals surface area contributed by atoms with E-state index in [0.29, 0.717) is 6.61 Å². The second kappa shape index (κ2) is 6.20. The summed E-state index contributed by atoms with van der Waals surface area (Å²) in [6.07, 6.45) is 6.18. The molecule has 5 nitrogen and oxygen atoms in total. The first-order valence-electron chi connectivity index (χ1n) is 8.13. The lowest BCUT2D eigenvalue weighted by Gasteiger charge is -2.38. The standard InChI is InChI=1S/C17H29NO4/c1-16(2,3)22-15(20)18-13(11-21-17(18,4)5)14(19)12-9-7-6-8-10-12/h7,9,12-14,19H,6,8,10-11H2,1-5H3/t12-,13-,14+/m1/s1. The van der Waals surface area contributed by atoms with Crippen molar-refractivity contribution in [3.8, 4) is 0 Å². The lowest BCUT2D eigenvalue weighted by atomic mass is 9.87. The van der Waals surface area contributed by atoms with Crippen molar-refractivity contribution in [3.63, 3.8) is 0 Å². The smallest absolute Gasteiger partial charge is 0.412 e. The fourth-order valence-corrected chi connectivity index (χ4v) is 3.16. The quantitative estimate of drug-likeness (QED) is 0.796. The highest BCUT2D eigenvalue weighted by molar-refractivity contribution is 5.70. The van der Waals surface area contributed by atoms with Crippen molar-refractivity contribution < 1.29 is 19.4 Å². The second-order valence-corrected chi connectivity index (χ2v) is 7.69. The van der Waals surface area contributed by atoms with Crippen LogP contribution in [0.2, 0.25) is 0 Å². The van der Waals surface area contributed by atoms with E-state index in [4.69, 9.17) is 9.47 Å². The summed E-state index contributed by atoms with van der Waals surface area (Å²) in [6.45, 7) is 9.51. The molecule has 1 N–H and O–H groups in total. The third-order valence-electron chi connectivity index (χ3n) is 4.23. The average Bonchev–Trinajstić information content (AvgIpc) is 2.72. The molecule has 22 heavy (non-hydrogen) atoms. The zero-order valence-corrected chi connectivity index (χ0v) is 14.3. The lowest BCUT2D eigenvalue weighted by molar-refractivity contribution is -0.0698. The van der Waals surface area contributed by atoms with Crippen molar-refractivity contribution in [3.05, 3.63) is 12.2 Å². The molecule has 0 radical (unpaired) electrons. The van der Waals surface area contributed by atoms with Gasteiger partial charge in [-0.1, -0.05) is 12.2 Å². The third-order valence-corrected chi connectivity index (χ3v) is 4.23. The van der Waals surface area contributed by atoms with E-state index in [2.05, 4.69) is 12.2 Å². The van der Waals surface area contributed by atoms with Crippen LogP contribution in [-0.2, 0) is 9.47 Å². The Hall–Kier alpha value is -1.07. The van der Waals surface area contributed by atoms with Crippen molar-refractivity contribution in [2.24, 2.45) is 5.92 Å². The fourth-order valence-electron chi connectivity index (χ4n) is 3.16. The van der Waals surface area contributed by atoms with Crippen LogP contribution >= 0.6 is 0 Å². The highest BCUT2D eigenvalue weighted by Crippen LogP contribution is 2.34. The van der Waals surface area contributed by atoms with E-state index in [1.165, 1.54) is 0 Å². The molecule has 1 aliphatic carbocycles. The van der Waals surface area contributed by atoms with Gasteiger partial charge < -0.3 is 14.6 Å². The molecule has 1 amide bonds. The molecule has 0 bridgehead atoms. The first-order chi connectivity index (χ1) is 10.1. The monoisotopic (exact) mass is 311 g/mol. The maximum Gasteiger partial charge on any atom is 0.412 e. The molecule has 1 saturated heterocycles. The predicted molar refractivity (Wildman–Crippen MR) is 84.4 cm³/mol. The molecule has 0 unspecified atom stereocenters. The van der Waals surface area contributed by atoms with Crippen LogP contribution in [0, 0.1) is 5.92 Å². The van der Waals surface area contributed by atoms with Gasteiger partial charge in [0.2, 0.25) is 0 Å². The number of ether oxygens (including phenoxy) is 2. The van der Waals surface area contributed by atoms with E-state index in [9.17, 15) is 9.90 Å². The minimum atomic E-state index is -0.771. The van der Waals surface area contributed by atoms with E-state index in [1.54, 1.807) is 4.90 Å². The summed E-state index contributed by atoms with van der Waals surface area (Å²) in [6, 6.07) is -0.377. The molecule has 126 valence electrons. The van der Waals surface area contributed by atoms with E-state index < -0.39 is 23.5 Å². The van der Waals surface area contributed by atoms with Gasteiger partial charge in [-0.15, -0.1) is 0 Å². The molecule has 5 heteroatoms. The van der Waals surface area contributed by atoms with Gasteiger partial charge >= 0.3 is 6.09 Å². The van der Waals surface area contributed by atoms with Gasteiger partial charge in [0.1, 0.15) is 11.3 Å². The highest BCUT2D eigenvalue weighted by Gasteiger charge is 2.49. The van der Waals surface area contributed by atoms with E-state index in [1.807, 2.05) is 34.6 Å². The van der Waals surface area contributed by atoms with Crippen LogP contribution in [0.25, 0.3) is 0 Å². The van der Waals surface area contributed by atoms with Gasteiger partial charge in [0.05, 0.1) is 18.8 Å². The van der Waals surface area contributed by atoms with Crippen molar-refractivity contribution in [2.45, 2.75) is 77.4 Å². The van der Waals surface area contributed by atoms with Crippen LogP contribution in [0.1, 0.15) is 53.9 Å². The number of hydrogen-bond acceptors (Lipinski definition) is 4. The number of carbonyl (C=O) groups excluding carboxylic acids is 1. The number of aliphatic hydroxyl groups is 1. The van der Waals surface area contributed by atoms with Gasteiger partial charge in [-0.2, -0.15) is 0 Å². The van der Waals surface area contributed by atoms with Crippen LogP contribution in [0.4, 0.5) is 4.79 Å². The summed E-state index contributed by atoms with van der Waals surface area (Å²) < 4.78 is 11.3. The normalized spacial score (nSPS) is 29.5. The molecule has 3 atom stereocenters. The number of amides is 1. The maximum atomic E-state index is 12.6. The van der Waals surface area contributed by atoms with Crippen LogP contribution in [0.3, 0.4) is 0 Å². The van der Waals surface area contributed by atoms with Gasteiger partial charge in [-0.3, -0.25) is 4.90 Å². The fraction of sp³-hybridized carbons (Fsp3) is 0.824. The van der Waals surface area contributed by atoms with Crippen LogP contribution in [0.5, 0.6) is 0 Å². The van der Waals surface area contributed by atoms with Crippen LogP contribution < -0.4 is 0 Å². The Kier molecular flexibility index (Phi) is 4.87. The van der Waals surface area contributed by atoms with Crippen molar-refractivity contribution >= 4 is 6.09 Å². The van der Waals surface area contributed by atoms with Crippen LogP contribution in [-0.4, -0.2) is 46.2 Å². The summed E-state index contributed by atoms with van der Waals surface area (Å²) in [5, 5.41) is 10.7. The molecule has 1 aliphatic heterocycles. The summed E-state index contributed by atoms with van der Waals surface area (Å²) in [5.74, 6) is 0.0705. The van der Waals surface area contributed by atoms with Gasteiger partial charge in [0.25, 0.3) is 0 Å². The minimum absolute atomic E-state index is 0.0705. The molecular formula is C17H29NO4. The second-order valence-electron chi connectivity index (χ2n) is 7.69. The summed E-state index contributed by atoms with van der Waals surface area (Å²) in [7, 11) is 0. The van der Waals surface area contributed by atoms with Crippen molar-refractivity contribution in [1.29, 1.82) is 0 Å². The van der Waals surface area contributed by atoms with E-state index in [-0.39, 0.29) is 12.0 Å². The minimum Gasteiger partial charge on any atom is -0.444 e. The van der Waals surface area contributed by atoms with E-state index in [0.717, 1.165) is 19.3 Å². The first-order valence-corrected chi connectivity index (χ1v) is 8.13. The molecule has 2 rings (SSSR count). The summed E-state index contributed by atoms with van der Waals surface area (Å²) >= 11 is 0. The molecule has 1 heterocycles. The van der Waals surface area contributed by atoms with Crippen LogP contribution in [0.15, 0.2) is 12.2 Å². The molecule has 0 spiro atoms. The van der Waals surface area contributed by atoms with Crippen molar-refractivity contribution in [2.75, 3.05) is 6.61 Å². The lowest BCUT2D eigenvalue weighted by Crippen LogP contribution is -2.54.